The number of hydrogen-bond acceptors (Lipinski definition) is 3. The van der Waals surface area contributed by atoms with Crippen molar-refractivity contribution >= 4 is 34.6 Å². The number of benzene rings is 3. The molecule has 0 bridgehead atoms. The molecule has 0 aliphatic heterocycles. The first-order valence-corrected chi connectivity index (χ1v) is 9.48. The maximum atomic E-state index is 12.4. The predicted octanol–water partition coefficient (Wildman–Crippen LogP) is 4.49. The van der Waals surface area contributed by atoms with E-state index >= 15 is 0 Å². The Balaban J connectivity index is 1.42. The average Bonchev–Trinajstić information content (AvgIpc) is 3.17. The van der Waals surface area contributed by atoms with Gasteiger partial charge in [-0.2, -0.15) is 5.10 Å². The number of fused-ring (bicyclic) bond motifs is 1. The molecule has 30 heavy (non-hydrogen) atoms. The molecule has 3 aromatic carbocycles. The molecule has 6 heteroatoms. The highest BCUT2D eigenvalue weighted by Gasteiger charge is 2.09. The number of anilines is 1. The van der Waals surface area contributed by atoms with Crippen molar-refractivity contribution in [1.82, 2.24) is 10.4 Å². The Labute approximate surface area is 173 Å². The monoisotopic (exact) mass is 396 g/mol. The van der Waals surface area contributed by atoms with Gasteiger partial charge in [0.25, 0.3) is 11.8 Å². The van der Waals surface area contributed by atoms with Crippen LogP contribution < -0.4 is 10.7 Å². The first-order valence-electron chi connectivity index (χ1n) is 9.48. The van der Waals surface area contributed by atoms with Crippen LogP contribution in [0.15, 0.2) is 84.1 Å². The summed E-state index contributed by atoms with van der Waals surface area (Å²) in [6.45, 7) is 1.96. The van der Waals surface area contributed by atoms with E-state index in [0.717, 1.165) is 22.0 Å². The summed E-state index contributed by atoms with van der Waals surface area (Å²) in [6, 6.07) is 21.9. The molecule has 0 spiro atoms. The quantitative estimate of drug-likeness (QED) is 0.343. The van der Waals surface area contributed by atoms with Gasteiger partial charge in [0, 0.05) is 39.5 Å². The van der Waals surface area contributed by atoms with Crippen LogP contribution in [-0.2, 0) is 0 Å². The van der Waals surface area contributed by atoms with E-state index in [2.05, 4.69) is 20.8 Å². The van der Waals surface area contributed by atoms with Crippen molar-refractivity contribution in [2.24, 2.45) is 5.10 Å². The Kier molecular flexibility index (Phi) is 5.39. The molecule has 0 fully saturated rings. The summed E-state index contributed by atoms with van der Waals surface area (Å²) in [4.78, 5) is 28.0. The van der Waals surface area contributed by atoms with Crippen LogP contribution in [0.2, 0.25) is 0 Å². The van der Waals surface area contributed by atoms with Crippen molar-refractivity contribution in [1.29, 1.82) is 0 Å². The average molecular weight is 396 g/mol. The first kappa shape index (κ1) is 19.1. The van der Waals surface area contributed by atoms with Gasteiger partial charge >= 0.3 is 0 Å². The number of nitrogens with one attached hydrogen (secondary N) is 3. The SMILES string of the molecule is Cc1ccc(C(=O)Nc2cccc(C(=O)NN=Cc3c[nH]c4ccccc34)c2)cc1. The third kappa shape index (κ3) is 4.28. The van der Waals surface area contributed by atoms with E-state index in [-0.39, 0.29) is 11.8 Å². The van der Waals surface area contributed by atoms with Crippen molar-refractivity contribution in [2.75, 3.05) is 5.32 Å². The number of H-pyrrole nitrogens is 1. The van der Waals surface area contributed by atoms with Gasteiger partial charge in [-0.05, 0) is 43.3 Å². The lowest BCUT2D eigenvalue weighted by Gasteiger charge is -2.07. The molecule has 0 atom stereocenters. The second-order valence-electron chi connectivity index (χ2n) is 6.89. The molecule has 0 aliphatic rings. The number of para-hydroxylation sites is 1. The van der Waals surface area contributed by atoms with E-state index in [1.807, 2.05) is 49.5 Å². The molecule has 4 aromatic rings. The second kappa shape index (κ2) is 8.45. The lowest BCUT2D eigenvalue weighted by atomic mass is 10.1. The third-order valence-corrected chi connectivity index (χ3v) is 4.69. The minimum atomic E-state index is -0.363. The fourth-order valence-electron chi connectivity index (χ4n) is 3.07. The van der Waals surface area contributed by atoms with Crippen LogP contribution in [-0.4, -0.2) is 23.0 Å². The highest BCUT2D eigenvalue weighted by atomic mass is 16.2. The molecule has 2 amide bonds. The number of rotatable bonds is 5. The van der Waals surface area contributed by atoms with Crippen LogP contribution >= 0.6 is 0 Å². The summed E-state index contributed by atoms with van der Waals surface area (Å²) in [5.74, 6) is -0.595. The summed E-state index contributed by atoms with van der Waals surface area (Å²) < 4.78 is 0. The molecule has 0 saturated heterocycles. The zero-order valence-electron chi connectivity index (χ0n) is 16.3. The molecule has 1 aromatic heterocycles. The van der Waals surface area contributed by atoms with Crippen molar-refractivity contribution < 1.29 is 9.59 Å². The molecule has 0 unspecified atom stereocenters. The maximum absolute atomic E-state index is 12.4. The van der Waals surface area contributed by atoms with Gasteiger partial charge in [0.15, 0.2) is 0 Å². The van der Waals surface area contributed by atoms with Crippen LogP contribution in [0.5, 0.6) is 0 Å². The van der Waals surface area contributed by atoms with Gasteiger partial charge in [-0.1, -0.05) is 42.0 Å². The zero-order valence-corrected chi connectivity index (χ0v) is 16.3. The molecule has 0 aliphatic carbocycles. The van der Waals surface area contributed by atoms with Crippen LogP contribution in [0.3, 0.4) is 0 Å². The number of nitrogens with zero attached hydrogens (tertiary/aromatic N) is 1. The number of aromatic nitrogens is 1. The molecular weight excluding hydrogens is 376 g/mol. The fraction of sp³-hybridized carbons (Fsp3) is 0.0417. The van der Waals surface area contributed by atoms with Crippen molar-refractivity contribution in [3.8, 4) is 0 Å². The summed E-state index contributed by atoms with van der Waals surface area (Å²) in [6.07, 6.45) is 3.43. The molecule has 3 N–H and O–H groups in total. The number of amides is 2. The van der Waals surface area contributed by atoms with Gasteiger partial charge in [-0.3, -0.25) is 9.59 Å². The molecule has 0 radical (unpaired) electrons. The molecule has 1 heterocycles. The Hall–Kier alpha value is -4.19. The Bertz CT molecular complexity index is 1240. The Morgan fingerprint density at radius 2 is 1.70 bits per heavy atom. The van der Waals surface area contributed by atoms with Gasteiger partial charge in [-0.15, -0.1) is 0 Å². The molecule has 6 nitrogen and oxygen atoms in total. The topological polar surface area (TPSA) is 86.3 Å². The molecule has 148 valence electrons. The maximum Gasteiger partial charge on any atom is 0.271 e. The number of aromatic amines is 1. The lowest BCUT2D eigenvalue weighted by molar-refractivity contribution is 0.0953. The van der Waals surface area contributed by atoms with Crippen LogP contribution in [0.1, 0.15) is 31.8 Å². The van der Waals surface area contributed by atoms with Crippen LogP contribution in [0.25, 0.3) is 10.9 Å². The van der Waals surface area contributed by atoms with Gasteiger partial charge in [-0.25, -0.2) is 5.43 Å². The van der Waals surface area contributed by atoms with Crippen LogP contribution in [0, 0.1) is 6.92 Å². The van der Waals surface area contributed by atoms with E-state index in [1.54, 1.807) is 42.6 Å². The van der Waals surface area contributed by atoms with Gasteiger partial charge in [0.1, 0.15) is 0 Å². The van der Waals surface area contributed by atoms with Crippen molar-refractivity contribution in [3.05, 3.63) is 101 Å². The predicted molar refractivity (Wildman–Crippen MR) is 119 cm³/mol. The summed E-state index contributed by atoms with van der Waals surface area (Å²) in [5, 5.41) is 7.89. The molecule has 0 saturated carbocycles. The number of carbonyl (C=O) groups is 2. The van der Waals surface area contributed by atoms with E-state index < -0.39 is 0 Å². The highest BCUT2D eigenvalue weighted by molar-refractivity contribution is 6.05. The van der Waals surface area contributed by atoms with Gasteiger partial charge < -0.3 is 10.3 Å². The largest absolute Gasteiger partial charge is 0.361 e. The highest BCUT2D eigenvalue weighted by Crippen LogP contribution is 2.16. The number of hydrazone groups is 1. The Morgan fingerprint density at radius 1 is 0.900 bits per heavy atom. The fourth-order valence-corrected chi connectivity index (χ4v) is 3.07. The number of carbonyl (C=O) groups excluding carboxylic acids is 2. The standard InChI is InChI=1S/C24H20N4O2/c1-16-9-11-17(12-10-16)23(29)27-20-6-4-5-18(13-20)24(30)28-26-15-19-14-25-22-8-3-2-7-21(19)22/h2-15,25H,1H3,(H,27,29)(H,28,30). The summed E-state index contributed by atoms with van der Waals surface area (Å²) in [5.41, 5.74) is 6.97. The minimum Gasteiger partial charge on any atom is -0.361 e. The molecular formula is C24H20N4O2. The van der Waals surface area contributed by atoms with E-state index in [9.17, 15) is 9.59 Å². The normalized spacial score (nSPS) is 11.0. The van der Waals surface area contributed by atoms with Gasteiger partial charge in [0.05, 0.1) is 6.21 Å². The number of aryl methyl sites for hydroxylation is 1. The van der Waals surface area contributed by atoms with E-state index in [0.29, 0.717) is 16.8 Å². The van der Waals surface area contributed by atoms with Crippen LogP contribution in [0.4, 0.5) is 5.69 Å². The van der Waals surface area contributed by atoms with E-state index in [4.69, 9.17) is 0 Å². The lowest BCUT2D eigenvalue weighted by Crippen LogP contribution is -2.18. The molecule has 4 rings (SSSR count). The summed E-state index contributed by atoms with van der Waals surface area (Å²) in [7, 11) is 0. The zero-order chi connectivity index (χ0) is 20.9. The third-order valence-electron chi connectivity index (χ3n) is 4.69. The van der Waals surface area contributed by atoms with Gasteiger partial charge in [0.2, 0.25) is 0 Å². The van der Waals surface area contributed by atoms with E-state index in [1.165, 1.54) is 0 Å². The first-order chi connectivity index (χ1) is 14.6. The second-order valence-corrected chi connectivity index (χ2v) is 6.89. The van der Waals surface area contributed by atoms with Crippen molar-refractivity contribution in [3.63, 3.8) is 0 Å². The smallest absolute Gasteiger partial charge is 0.271 e. The minimum absolute atomic E-state index is 0.232. The Morgan fingerprint density at radius 3 is 2.53 bits per heavy atom. The number of hydrogen-bond donors (Lipinski definition) is 3. The summed E-state index contributed by atoms with van der Waals surface area (Å²) >= 11 is 0. The van der Waals surface area contributed by atoms with Crippen molar-refractivity contribution in [2.45, 2.75) is 6.92 Å².